The van der Waals surface area contributed by atoms with E-state index in [2.05, 4.69) is 15.4 Å². The highest BCUT2D eigenvalue weighted by atomic mass is 35.5. The standard InChI is InChI=1S/C20H15Cl2N5O3/c1-9-16(18(23)28)17(10-3-5-14-15(7-10)30-8-29-14)27-20(24-9)25-19(26-27)11-2-4-12(21)13(22)6-11/h2-7,17H,8H2,1H3,(H2,23,28)(H,24,25,26). The van der Waals surface area contributed by atoms with E-state index in [1.54, 1.807) is 35.9 Å². The quantitative estimate of drug-likeness (QED) is 0.638. The van der Waals surface area contributed by atoms with Crippen LogP contribution >= 0.6 is 23.2 Å². The molecule has 0 saturated carbocycles. The van der Waals surface area contributed by atoms with Gasteiger partial charge in [-0.25, -0.2) is 4.68 Å². The normalized spacial score (nSPS) is 17.0. The smallest absolute Gasteiger partial charge is 0.248 e. The topological polar surface area (TPSA) is 104 Å². The minimum Gasteiger partial charge on any atom is -0.454 e. The maximum atomic E-state index is 12.3. The van der Waals surface area contributed by atoms with Crippen LogP contribution in [0.2, 0.25) is 10.0 Å². The Balaban J connectivity index is 1.66. The van der Waals surface area contributed by atoms with Crippen molar-refractivity contribution in [3.05, 3.63) is 63.3 Å². The number of ether oxygens (including phenoxy) is 2. The second-order valence-electron chi connectivity index (χ2n) is 6.88. The van der Waals surface area contributed by atoms with Crippen molar-refractivity contribution in [1.82, 2.24) is 14.8 Å². The van der Waals surface area contributed by atoms with Crippen molar-refractivity contribution in [3.63, 3.8) is 0 Å². The van der Waals surface area contributed by atoms with Crippen molar-refractivity contribution >= 4 is 35.1 Å². The number of hydrogen-bond acceptors (Lipinski definition) is 6. The number of hydrogen-bond donors (Lipinski definition) is 2. The molecule has 0 spiro atoms. The molecule has 8 nitrogen and oxygen atoms in total. The highest BCUT2D eigenvalue weighted by Gasteiger charge is 2.34. The van der Waals surface area contributed by atoms with Crippen LogP contribution in [0.3, 0.4) is 0 Å². The fourth-order valence-corrected chi connectivity index (χ4v) is 3.92. The SMILES string of the molecule is CC1=C(C(N)=O)C(c2ccc3c(c2)OCO3)n2nc(-c3ccc(Cl)c(Cl)c3)nc2N1. The molecule has 10 heteroatoms. The summed E-state index contributed by atoms with van der Waals surface area (Å²) in [5.74, 6) is 1.59. The van der Waals surface area contributed by atoms with Crippen molar-refractivity contribution in [2.45, 2.75) is 13.0 Å². The van der Waals surface area contributed by atoms with Gasteiger partial charge in [-0.15, -0.1) is 5.10 Å². The van der Waals surface area contributed by atoms with Gasteiger partial charge >= 0.3 is 0 Å². The van der Waals surface area contributed by atoms with Gasteiger partial charge in [0.2, 0.25) is 18.6 Å². The summed E-state index contributed by atoms with van der Waals surface area (Å²) in [6, 6.07) is 10.0. The summed E-state index contributed by atoms with van der Waals surface area (Å²) in [6.45, 7) is 1.93. The molecule has 30 heavy (non-hydrogen) atoms. The monoisotopic (exact) mass is 443 g/mol. The maximum Gasteiger partial charge on any atom is 0.248 e. The number of halogens is 2. The van der Waals surface area contributed by atoms with E-state index in [-0.39, 0.29) is 6.79 Å². The first kappa shape index (κ1) is 18.8. The summed E-state index contributed by atoms with van der Waals surface area (Å²) in [4.78, 5) is 16.9. The number of anilines is 1. The summed E-state index contributed by atoms with van der Waals surface area (Å²) in [7, 11) is 0. The van der Waals surface area contributed by atoms with E-state index in [0.717, 1.165) is 5.56 Å². The molecule has 0 radical (unpaired) electrons. The molecule has 0 bridgehead atoms. The van der Waals surface area contributed by atoms with Crippen LogP contribution < -0.4 is 20.5 Å². The van der Waals surface area contributed by atoms with Crippen LogP contribution in [0.4, 0.5) is 5.95 Å². The Hall–Kier alpha value is -3.23. The van der Waals surface area contributed by atoms with E-state index in [0.29, 0.717) is 50.2 Å². The summed E-state index contributed by atoms with van der Waals surface area (Å²) >= 11 is 12.2. The van der Waals surface area contributed by atoms with Gasteiger partial charge in [-0.05, 0) is 42.8 Å². The van der Waals surface area contributed by atoms with Crippen molar-refractivity contribution in [2.75, 3.05) is 12.1 Å². The first-order valence-electron chi connectivity index (χ1n) is 9.01. The number of primary amides is 1. The summed E-state index contributed by atoms with van der Waals surface area (Å²) in [6.07, 6.45) is 0. The average molecular weight is 444 g/mol. The van der Waals surface area contributed by atoms with Gasteiger partial charge in [0.25, 0.3) is 0 Å². The number of carbonyl (C=O) groups excluding carboxylic acids is 1. The van der Waals surface area contributed by atoms with E-state index in [9.17, 15) is 4.79 Å². The Kier molecular flexibility index (Phi) is 4.34. The highest BCUT2D eigenvalue weighted by molar-refractivity contribution is 6.42. The second kappa shape index (κ2) is 6.93. The van der Waals surface area contributed by atoms with Gasteiger partial charge in [-0.2, -0.15) is 4.98 Å². The number of amides is 1. The lowest BCUT2D eigenvalue weighted by Crippen LogP contribution is -2.31. The maximum absolute atomic E-state index is 12.3. The molecule has 2 aromatic carbocycles. The Labute approximate surface area is 181 Å². The van der Waals surface area contributed by atoms with Crippen LogP contribution in [-0.4, -0.2) is 27.5 Å². The third-order valence-corrected chi connectivity index (χ3v) is 5.75. The van der Waals surface area contributed by atoms with Crippen LogP contribution in [0.1, 0.15) is 18.5 Å². The number of benzene rings is 2. The number of nitrogens with one attached hydrogen (secondary N) is 1. The minimum atomic E-state index is -0.586. The van der Waals surface area contributed by atoms with E-state index in [1.165, 1.54) is 0 Å². The van der Waals surface area contributed by atoms with E-state index in [1.807, 2.05) is 12.1 Å². The Morgan fingerprint density at radius 3 is 2.73 bits per heavy atom. The van der Waals surface area contributed by atoms with Crippen molar-refractivity contribution in [1.29, 1.82) is 0 Å². The molecule has 0 fully saturated rings. The number of allylic oxidation sites excluding steroid dienone is 1. The van der Waals surface area contributed by atoms with Gasteiger partial charge in [-0.1, -0.05) is 29.3 Å². The number of carbonyl (C=O) groups is 1. The van der Waals surface area contributed by atoms with Gasteiger partial charge < -0.3 is 20.5 Å². The van der Waals surface area contributed by atoms with Crippen LogP contribution in [0.5, 0.6) is 11.5 Å². The van der Waals surface area contributed by atoms with E-state index < -0.39 is 11.9 Å². The molecule has 1 atom stereocenters. The lowest BCUT2D eigenvalue weighted by molar-refractivity contribution is -0.115. The van der Waals surface area contributed by atoms with Gasteiger partial charge in [0.05, 0.1) is 15.6 Å². The fraction of sp³-hybridized carbons (Fsp3) is 0.150. The molecular weight excluding hydrogens is 429 g/mol. The lowest BCUT2D eigenvalue weighted by Gasteiger charge is -2.27. The fourth-order valence-electron chi connectivity index (χ4n) is 3.62. The Morgan fingerprint density at radius 1 is 1.17 bits per heavy atom. The Morgan fingerprint density at radius 2 is 1.97 bits per heavy atom. The second-order valence-corrected chi connectivity index (χ2v) is 7.69. The number of rotatable bonds is 3. The molecule has 3 heterocycles. The largest absolute Gasteiger partial charge is 0.454 e. The zero-order valence-corrected chi connectivity index (χ0v) is 17.2. The Bertz CT molecular complexity index is 1240. The predicted octanol–water partition coefficient (Wildman–Crippen LogP) is 3.75. The summed E-state index contributed by atoms with van der Waals surface area (Å²) in [5, 5.41) is 8.59. The lowest BCUT2D eigenvalue weighted by atomic mass is 9.95. The molecule has 1 unspecified atom stereocenters. The highest BCUT2D eigenvalue weighted by Crippen LogP contribution is 2.40. The summed E-state index contributed by atoms with van der Waals surface area (Å²) in [5.41, 5.74) is 8.16. The van der Waals surface area contributed by atoms with Gasteiger partial charge in [0.1, 0.15) is 6.04 Å². The molecule has 1 aromatic heterocycles. The zero-order chi connectivity index (χ0) is 21.0. The third kappa shape index (κ3) is 2.96. The van der Waals surface area contributed by atoms with Gasteiger partial charge in [0, 0.05) is 11.3 Å². The molecular formula is C20H15Cl2N5O3. The van der Waals surface area contributed by atoms with Crippen molar-refractivity contribution in [2.24, 2.45) is 5.73 Å². The van der Waals surface area contributed by atoms with E-state index in [4.69, 9.17) is 38.4 Å². The van der Waals surface area contributed by atoms with Crippen LogP contribution in [0.25, 0.3) is 11.4 Å². The predicted molar refractivity (Wildman–Crippen MR) is 112 cm³/mol. The third-order valence-electron chi connectivity index (χ3n) is 5.01. The molecule has 0 aliphatic carbocycles. The molecule has 2 aliphatic rings. The number of aromatic nitrogens is 3. The van der Waals surface area contributed by atoms with Crippen molar-refractivity contribution < 1.29 is 14.3 Å². The first-order valence-corrected chi connectivity index (χ1v) is 9.77. The number of nitrogens with zero attached hydrogens (tertiary/aromatic N) is 3. The van der Waals surface area contributed by atoms with Crippen LogP contribution in [0, 0.1) is 0 Å². The molecule has 5 rings (SSSR count). The van der Waals surface area contributed by atoms with Gasteiger partial charge in [0.15, 0.2) is 17.3 Å². The first-order chi connectivity index (χ1) is 14.4. The summed E-state index contributed by atoms with van der Waals surface area (Å²) < 4.78 is 12.5. The van der Waals surface area contributed by atoms with Crippen molar-refractivity contribution in [3.8, 4) is 22.9 Å². The molecule has 3 N–H and O–H groups in total. The van der Waals surface area contributed by atoms with E-state index >= 15 is 0 Å². The average Bonchev–Trinajstić information content (AvgIpc) is 3.34. The molecule has 0 saturated heterocycles. The molecule has 1 amide bonds. The molecule has 2 aliphatic heterocycles. The molecule has 152 valence electrons. The van der Waals surface area contributed by atoms with Gasteiger partial charge in [-0.3, -0.25) is 4.79 Å². The minimum absolute atomic E-state index is 0.151. The van der Waals surface area contributed by atoms with Crippen LogP contribution in [0.15, 0.2) is 47.7 Å². The zero-order valence-electron chi connectivity index (χ0n) is 15.6. The molecule has 3 aromatic rings. The van der Waals surface area contributed by atoms with Crippen LogP contribution in [-0.2, 0) is 4.79 Å². The number of nitrogens with two attached hydrogens (primary N) is 1. The number of fused-ring (bicyclic) bond motifs is 2.